The van der Waals surface area contributed by atoms with Crippen molar-refractivity contribution in [2.75, 3.05) is 10.6 Å². The highest BCUT2D eigenvalue weighted by molar-refractivity contribution is 6.43. The number of aromatic nitrogens is 2. The number of nitro groups is 1. The van der Waals surface area contributed by atoms with Gasteiger partial charge in [-0.25, -0.2) is 18.7 Å². The van der Waals surface area contributed by atoms with E-state index in [1.807, 2.05) is 0 Å². The summed E-state index contributed by atoms with van der Waals surface area (Å²) < 4.78 is 27.2. The van der Waals surface area contributed by atoms with Crippen LogP contribution in [-0.4, -0.2) is 14.9 Å². The molecule has 1 aromatic heterocycles. The Morgan fingerprint density at radius 1 is 1.00 bits per heavy atom. The lowest BCUT2D eigenvalue weighted by Gasteiger charge is -2.12. The second-order valence-corrected chi connectivity index (χ2v) is 5.94. The zero-order valence-corrected chi connectivity index (χ0v) is 14.7. The monoisotopic (exact) mass is 411 g/mol. The maximum atomic E-state index is 13.8. The quantitative estimate of drug-likeness (QED) is 0.427. The van der Waals surface area contributed by atoms with Crippen molar-refractivity contribution in [1.29, 1.82) is 0 Å². The van der Waals surface area contributed by atoms with Crippen LogP contribution in [0.1, 0.15) is 0 Å². The molecule has 0 amide bonds. The minimum atomic E-state index is -0.809. The van der Waals surface area contributed by atoms with Gasteiger partial charge in [0.15, 0.2) is 0 Å². The number of hydrogen-bond donors (Lipinski definition) is 2. The molecule has 2 aromatic carbocycles. The van der Waals surface area contributed by atoms with Crippen LogP contribution in [0.3, 0.4) is 0 Å². The molecule has 0 aliphatic carbocycles. The summed E-state index contributed by atoms with van der Waals surface area (Å²) in [5.41, 5.74) is -0.630. The van der Waals surface area contributed by atoms with E-state index in [-0.39, 0.29) is 33.1 Å². The van der Waals surface area contributed by atoms with Crippen LogP contribution in [0.4, 0.5) is 37.5 Å². The Morgan fingerprint density at radius 2 is 1.67 bits per heavy atom. The molecule has 0 bridgehead atoms. The van der Waals surface area contributed by atoms with Crippen molar-refractivity contribution >= 4 is 51.9 Å². The van der Waals surface area contributed by atoms with Crippen LogP contribution in [0.25, 0.3) is 0 Å². The molecular weight excluding hydrogens is 403 g/mol. The van der Waals surface area contributed by atoms with E-state index in [0.717, 1.165) is 24.5 Å². The minimum Gasteiger partial charge on any atom is -0.333 e. The van der Waals surface area contributed by atoms with Crippen LogP contribution in [-0.2, 0) is 0 Å². The molecule has 0 radical (unpaired) electrons. The van der Waals surface area contributed by atoms with Gasteiger partial charge in [-0.05, 0) is 24.3 Å². The van der Waals surface area contributed by atoms with Crippen LogP contribution in [0, 0.1) is 21.7 Å². The molecule has 3 aromatic rings. The summed E-state index contributed by atoms with van der Waals surface area (Å²) in [7, 11) is 0. The van der Waals surface area contributed by atoms with Crippen molar-refractivity contribution in [2.24, 2.45) is 0 Å². The maximum absolute atomic E-state index is 13.8. The van der Waals surface area contributed by atoms with E-state index >= 15 is 0 Å². The zero-order chi connectivity index (χ0) is 19.6. The molecule has 0 saturated heterocycles. The number of rotatable bonds is 5. The molecule has 0 unspecified atom stereocenters. The van der Waals surface area contributed by atoms with Gasteiger partial charge in [0.25, 0.3) is 0 Å². The van der Waals surface area contributed by atoms with Crippen molar-refractivity contribution in [1.82, 2.24) is 9.97 Å². The molecule has 0 saturated carbocycles. The van der Waals surface area contributed by atoms with E-state index in [0.29, 0.717) is 0 Å². The average Bonchev–Trinajstić information content (AvgIpc) is 2.62. The van der Waals surface area contributed by atoms with E-state index < -0.39 is 22.2 Å². The smallest absolute Gasteiger partial charge is 0.333 e. The van der Waals surface area contributed by atoms with E-state index in [4.69, 9.17) is 23.2 Å². The SMILES string of the molecule is O=[N+]([O-])c1c(Nc2cc(F)ccc2F)ncnc1Nc1cccc(Cl)c1Cl. The van der Waals surface area contributed by atoms with Crippen molar-refractivity contribution < 1.29 is 13.7 Å². The van der Waals surface area contributed by atoms with Crippen LogP contribution in [0.5, 0.6) is 0 Å². The summed E-state index contributed by atoms with van der Waals surface area (Å²) in [5, 5.41) is 17.0. The molecule has 138 valence electrons. The number of hydrogen-bond acceptors (Lipinski definition) is 6. The molecule has 0 aliphatic rings. The molecule has 7 nitrogen and oxygen atoms in total. The molecule has 0 aliphatic heterocycles. The maximum Gasteiger partial charge on any atom is 0.353 e. The summed E-state index contributed by atoms with van der Waals surface area (Å²) in [4.78, 5) is 18.4. The standard InChI is InChI=1S/C16H9Cl2F2N5O2/c17-9-2-1-3-11(13(9)18)23-15-14(25(26)27)16(22-7-21-15)24-12-6-8(19)4-5-10(12)20/h1-7H,(H2,21,22,23,24). The third kappa shape index (κ3) is 4.04. The van der Waals surface area contributed by atoms with E-state index in [1.165, 1.54) is 0 Å². The highest BCUT2D eigenvalue weighted by Gasteiger charge is 2.24. The lowest BCUT2D eigenvalue weighted by Crippen LogP contribution is -2.06. The number of halogens is 4. The first-order valence-electron chi connectivity index (χ1n) is 7.29. The predicted molar refractivity (Wildman–Crippen MR) is 98.1 cm³/mol. The van der Waals surface area contributed by atoms with Crippen molar-refractivity contribution in [3.05, 3.63) is 74.5 Å². The molecule has 2 N–H and O–H groups in total. The van der Waals surface area contributed by atoms with Gasteiger partial charge in [0, 0.05) is 6.07 Å². The molecule has 27 heavy (non-hydrogen) atoms. The van der Waals surface area contributed by atoms with Gasteiger partial charge >= 0.3 is 5.69 Å². The van der Waals surface area contributed by atoms with Gasteiger partial charge in [0.1, 0.15) is 18.0 Å². The first-order valence-corrected chi connectivity index (χ1v) is 8.05. The second-order valence-electron chi connectivity index (χ2n) is 5.15. The molecule has 3 rings (SSSR count). The van der Waals surface area contributed by atoms with E-state index in [9.17, 15) is 18.9 Å². The molecule has 11 heteroatoms. The first-order chi connectivity index (χ1) is 12.9. The first kappa shape index (κ1) is 18.7. The van der Waals surface area contributed by atoms with Gasteiger partial charge < -0.3 is 10.6 Å². The van der Waals surface area contributed by atoms with Crippen LogP contribution in [0.2, 0.25) is 10.0 Å². The fraction of sp³-hybridized carbons (Fsp3) is 0. The summed E-state index contributed by atoms with van der Waals surface area (Å²) in [6, 6.07) is 7.33. The third-order valence-corrected chi connectivity index (χ3v) is 4.21. The van der Waals surface area contributed by atoms with Gasteiger partial charge in [0.05, 0.1) is 26.3 Å². The number of benzene rings is 2. The van der Waals surface area contributed by atoms with Crippen LogP contribution in [0.15, 0.2) is 42.7 Å². The van der Waals surface area contributed by atoms with Crippen molar-refractivity contribution in [3.63, 3.8) is 0 Å². The molecule has 1 heterocycles. The third-order valence-electron chi connectivity index (χ3n) is 3.39. The van der Waals surface area contributed by atoms with Gasteiger partial charge in [-0.3, -0.25) is 10.1 Å². The lowest BCUT2D eigenvalue weighted by atomic mass is 10.3. The largest absolute Gasteiger partial charge is 0.353 e. The predicted octanol–water partition coefficient (Wildman–Crippen LogP) is 5.46. The number of nitrogens with zero attached hydrogens (tertiary/aromatic N) is 3. The summed E-state index contributed by atoms with van der Waals surface area (Å²) in [5.74, 6) is -2.07. The molecular formula is C16H9Cl2F2N5O2. The summed E-state index contributed by atoms with van der Waals surface area (Å²) >= 11 is 12.0. The van der Waals surface area contributed by atoms with Crippen molar-refractivity contribution in [3.8, 4) is 0 Å². The average molecular weight is 412 g/mol. The van der Waals surface area contributed by atoms with Crippen LogP contribution >= 0.6 is 23.2 Å². The molecule has 0 spiro atoms. The van der Waals surface area contributed by atoms with Gasteiger partial charge in [0.2, 0.25) is 11.6 Å². The van der Waals surface area contributed by atoms with E-state index in [1.54, 1.807) is 18.2 Å². The zero-order valence-electron chi connectivity index (χ0n) is 13.2. The Bertz CT molecular complexity index is 1010. The highest BCUT2D eigenvalue weighted by Crippen LogP contribution is 2.37. The Morgan fingerprint density at radius 3 is 2.33 bits per heavy atom. The Balaban J connectivity index is 2.04. The Kier molecular flexibility index (Phi) is 5.33. The summed E-state index contributed by atoms with van der Waals surface area (Å²) in [6.07, 6.45) is 1.02. The number of anilines is 4. The fourth-order valence-electron chi connectivity index (χ4n) is 2.18. The fourth-order valence-corrected chi connectivity index (χ4v) is 2.53. The normalized spacial score (nSPS) is 10.5. The van der Waals surface area contributed by atoms with Gasteiger partial charge in [-0.15, -0.1) is 0 Å². The van der Waals surface area contributed by atoms with Gasteiger partial charge in [-0.2, -0.15) is 0 Å². The van der Waals surface area contributed by atoms with Crippen molar-refractivity contribution in [2.45, 2.75) is 0 Å². The molecule has 0 atom stereocenters. The van der Waals surface area contributed by atoms with Crippen LogP contribution < -0.4 is 10.6 Å². The Hall–Kier alpha value is -3.04. The molecule has 0 fully saturated rings. The Labute approximate surface area is 161 Å². The highest BCUT2D eigenvalue weighted by atomic mass is 35.5. The lowest BCUT2D eigenvalue weighted by molar-refractivity contribution is -0.383. The second kappa shape index (κ2) is 7.68. The number of nitrogens with one attached hydrogen (secondary N) is 2. The summed E-state index contributed by atoms with van der Waals surface area (Å²) in [6.45, 7) is 0. The van der Waals surface area contributed by atoms with E-state index in [2.05, 4.69) is 20.6 Å². The van der Waals surface area contributed by atoms with Gasteiger partial charge in [-0.1, -0.05) is 29.3 Å². The topological polar surface area (TPSA) is 93.0 Å². The minimum absolute atomic E-state index is 0.137.